The molecule has 0 spiro atoms. The summed E-state index contributed by atoms with van der Waals surface area (Å²) in [6.45, 7) is 0. The van der Waals surface area contributed by atoms with Crippen LogP contribution in [0.1, 0.15) is 19.3 Å². The smallest absolute Gasteiger partial charge is 0.303 e. The number of pyridine rings is 2. The van der Waals surface area contributed by atoms with Gasteiger partial charge in [0, 0.05) is 36.0 Å². The number of carboxylic acids is 1. The molecule has 0 radical (unpaired) electrons. The van der Waals surface area contributed by atoms with E-state index in [1.165, 1.54) is 0 Å². The minimum atomic E-state index is -0.899. The maximum Gasteiger partial charge on any atom is 0.303 e. The van der Waals surface area contributed by atoms with Crippen molar-refractivity contribution in [3.05, 3.63) is 42.7 Å². The van der Waals surface area contributed by atoms with Crippen molar-refractivity contribution in [2.45, 2.75) is 19.3 Å². The SMILES string of the molecule is O=C(O)CCCC(=O)Nc1cc2cccnc2c2ncccc12. The number of nitrogens with one attached hydrogen (secondary N) is 1. The Morgan fingerprint density at radius 3 is 2.57 bits per heavy atom. The lowest BCUT2D eigenvalue weighted by molar-refractivity contribution is -0.137. The lowest BCUT2D eigenvalue weighted by Crippen LogP contribution is -2.12. The molecule has 0 saturated carbocycles. The van der Waals surface area contributed by atoms with Gasteiger partial charge < -0.3 is 10.4 Å². The number of amides is 1. The summed E-state index contributed by atoms with van der Waals surface area (Å²) in [7, 11) is 0. The van der Waals surface area contributed by atoms with Crippen LogP contribution in [-0.2, 0) is 9.59 Å². The van der Waals surface area contributed by atoms with Crippen molar-refractivity contribution in [1.29, 1.82) is 0 Å². The molecular weight excluding hydrogens is 294 g/mol. The molecule has 2 N–H and O–H groups in total. The number of benzene rings is 1. The maximum absolute atomic E-state index is 12.0. The van der Waals surface area contributed by atoms with E-state index in [0.29, 0.717) is 12.1 Å². The lowest BCUT2D eigenvalue weighted by atomic mass is 10.1. The normalized spacial score (nSPS) is 10.8. The molecule has 23 heavy (non-hydrogen) atoms. The summed E-state index contributed by atoms with van der Waals surface area (Å²) in [5.74, 6) is -1.11. The van der Waals surface area contributed by atoms with Crippen molar-refractivity contribution < 1.29 is 14.7 Å². The van der Waals surface area contributed by atoms with Crippen molar-refractivity contribution in [1.82, 2.24) is 9.97 Å². The van der Waals surface area contributed by atoms with E-state index in [1.807, 2.05) is 24.3 Å². The average molecular weight is 309 g/mol. The molecule has 3 aromatic rings. The van der Waals surface area contributed by atoms with Crippen LogP contribution in [0.25, 0.3) is 21.8 Å². The van der Waals surface area contributed by atoms with E-state index in [2.05, 4.69) is 15.3 Å². The van der Waals surface area contributed by atoms with Crippen LogP contribution in [0.2, 0.25) is 0 Å². The molecule has 0 saturated heterocycles. The average Bonchev–Trinajstić information content (AvgIpc) is 2.55. The first-order chi connectivity index (χ1) is 11.1. The van der Waals surface area contributed by atoms with E-state index >= 15 is 0 Å². The van der Waals surface area contributed by atoms with E-state index in [4.69, 9.17) is 5.11 Å². The predicted molar refractivity (Wildman–Crippen MR) is 87.2 cm³/mol. The van der Waals surface area contributed by atoms with E-state index < -0.39 is 5.97 Å². The number of carboxylic acid groups (broad SMARTS) is 1. The fourth-order valence-corrected chi connectivity index (χ4v) is 2.49. The molecule has 116 valence electrons. The molecule has 0 atom stereocenters. The predicted octanol–water partition coefficient (Wildman–Crippen LogP) is 2.98. The van der Waals surface area contributed by atoms with Crippen LogP contribution in [0.5, 0.6) is 0 Å². The quantitative estimate of drug-likeness (QED) is 0.707. The second-order valence-electron chi connectivity index (χ2n) is 5.19. The Hall–Kier alpha value is -3.02. The molecule has 1 aromatic carbocycles. The van der Waals surface area contributed by atoms with Gasteiger partial charge in [-0.25, -0.2) is 0 Å². The van der Waals surface area contributed by atoms with Crippen LogP contribution in [0, 0.1) is 0 Å². The highest BCUT2D eigenvalue weighted by Gasteiger charge is 2.11. The van der Waals surface area contributed by atoms with Gasteiger partial charge in [0.25, 0.3) is 0 Å². The molecule has 2 heterocycles. The van der Waals surface area contributed by atoms with Crippen molar-refractivity contribution >= 4 is 39.4 Å². The molecule has 0 aliphatic rings. The number of aromatic nitrogens is 2. The summed E-state index contributed by atoms with van der Waals surface area (Å²) in [6, 6.07) is 9.29. The molecule has 0 aliphatic carbocycles. The largest absolute Gasteiger partial charge is 0.481 e. The van der Waals surface area contributed by atoms with Crippen molar-refractivity contribution in [3.63, 3.8) is 0 Å². The zero-order chi connectivity index (χ0) is 16.2. The Balaban J connectivity index is 1.93. The molecule has 3 rings (SSSR count). The first-order valence-electron chi connectivity index (χ1n) is 7.29. The minimum Gasteiger partial charge on any atom is -0.481 e. The van der Waals surface area contributed by atoms with Crippen molar-refractivity contribution in [3.8, 4) is 0 Å². The van der Waals surface area contributed by atoms with Crippen LogP contribution in [-0.4, -0.2) is 27.0 Å². The first-order valence-corrected chi connectivity index (χ1v) is 7.29. The molecule has 1 amide bonds. The Morgan fingerprint density at radius 2 is 1.78 bits per heavy atom. The number of carbonyl (C=O) groups excluding carboxylic acids is 1. The highest BCUT2D eigenvalue weighted by atomic mass is 16.4. The third-order valence-electron chi connectivity index (χ3n) is 3.53. The number of hydrogen-bond donors (Lipinski definition) is 2. The monoisotopic (exact) mass is 309 g/mol. The zero-order valence-electron chi connectivity index (χ0n) is 12.3. The Kier molecular flexibility index (Phi) is 4.14. The summed E-state index contributed by atoms with van der Waals surface area (Å²) < 4.78 is 0. The summed E-state index contributed by atoms with van der Waals surface area (Å²) >= 11 is 0. The second kappa shape index (κ2) is 6.39. The van der Waals surface area contributed by atoms with E-state index in [-0.39, 0.29) is 18.7 Å². The van der Waals surface area contributed by atoms with Crippen LogP contribution in [0.4, 0.5) is 5.69 Å². The summed E-state index contributed by atoms with van der Waals surface area (Å²) in [5.41, 5.74) is 2.17. The standard InChI is InChI=1S/C17H15N3O3/c21-14(6-1-7-15(22)23)20-13-10-11-4-2-8-18-16(11)17-12(13)5-3-9-19-17/h2-5,8-10H,1,6-7H2,(H,20,21)(H,22,23). The number of aliphatic carboxylic acids is 1. The van der Waals surface area contributed by atoms with E-state index in [1.54, 1.807) is 18.5 Å². The van der Waals surface area contributed by atoms with Gasteiger partial charge in [0.05, 0.1) is 16.7 Å². The van der Waals surface area contributed by atoms with Gasteiger partial charge in [-0.1, -0.05) is 6.07 Å². The van der Waals surface area contributed by atoms with Crippen LogP contribution in [0.3, 0.4) is 0 Å². The van der Waals surface area contributed by atoms with Crippen LogP contribution >= 0.6 is 0 Å². The summed E-state index contributed by atoms with van der Waals surface area (Å²) in [6.07, 6.45) is 3.86. The van der Waals surface area contributed by atoms with Gasteiger partial charge in [0.1, 0.15) is 0 Å². The fraction of sp³-hybridized carbons (Fsp3) is 0.176. The van der Waals surface area contributed by atoms with Gasteiger partial charge in [-0.15, -0.1) is 0 Å². The fourth-order valence-electron chi connectivity index (χ4n) is 2.49. The number of anilines is 1. The number of carbonyl (C=O) groups is 2. The van der Waals surface area contributed by atoms with Crippen LogP contribution in [0.15, 0.2) is 42.7 Å². The Labute approximate surface area is 132 Å². The topological polar surface area (TPSA) is 92.2 Å². The molecule has 0 fully saturated rings. The molecule has 6 heteroatoms. The third-order valence-corrected chi connectivity index (χ3v) is 3.53. The molecule has 0 bridgehead atoms. The Morgan fingerprint density at radius 1 is 1.04 bits per heavy atom. The molecule has 0 unspecified atom stereocenters. The van der Waals surface area contributed by atoms with E-state index in [9.17, 15) is 9.59 Å². The maximum atomic E-state index is 12.0. The van der Waals surface area contributed by atoms with Crippen molar-refractivity contribution in [2.24, 2.45) is 0 Å². The van der Waals surface area contributed by atoms with E-state index in [0.717, 1.165) is 21.8 Å². The van der Waals surface area contributed by atoms with Gasteiger partial charge in [-0.2, -0.15) is 0 Å². The van der Waals surface area contributed by atoms with Gasteiger partial charge in [-0.05, 0) is 30.7 Å². The lowest BCUT2D eigenvalue weighted by Gasteiger charge is -2.10. The zero-order valence-corrected chi connectivity index (χ0v) is 12.3. The highest BCUT2D eigenvalue weighted by Crippen LogP contribution is 2.29. The minimum absolute atomic E-state index is 0.0165. The number of hydrogen-bond acceptors (Lipinski definition) is 4. The third kappa shape index (κ3) is 3.26. The molecule has 2 aromatic heterocycles. The first kappa shape index (κ1) is 14.9. The number of fused-ring (bicyclic) bond motifs is 3. The Bertz CT molecular complexity index is 893. The molecule has 0 aliphatic heterocycles. The van der Waals surface area contributed by atoms with Gasteiger partial charge in [0.2, 0.25) is 5.91 Å². The number of rotatable bonds is 5. The highest BCUT2D eigenvalue weighted by molar-refractivity contribution is 6.11. The van der Waals surface area contributed by atoms with Crippen molar-refractivity contribution in [2.75, 3.05) is 5.32 Å². The summed E-state index contributed by atoms with van der Waals surface area (Å²) in [4.78, 5) is 31.3. The van der Waals surface area contributed by atoms with Crippen LogP contribution < -0.4 is 5.32 Å². The molecule has 6 nitrogen and oxygen atoms in total. The number of nitrogens with zero attached hydrogens (tertiary/aromatic N) is 2. The van der Waals surface area contributed by atoms with Gasteiger partial charge in [0.15, 0.2) is 0 Å². The van der Waals surface area contributed by atoms with Gasteiger partial charge >= 0.3 is 5.97 Å². The molecular formula is C17H15N3O3. The summed E-state index contributed by atoms with van der Waals surface area (Å²) in [5, 5.41) is 13.2. The second-order valence-corrected chi connectivity index (χ2v) is 5.19. The van der Waals surface area contributed by atoms with Gasteiger partial charge in [-0.3, -0.25) is 19.6 Å².